The number of aliphatic imine (C=N–C) groups is 1. The quantitative estimate of drug-likeness (QED) is 0.585. The third kappa shape index (κ3) is 5.11. The first-order valence-corrected chi connectivity index (χ1v) is 13.2. The van der Waals surface area contributed by atoms with Crippen molar-refractivity contribution >= 4 is 38.4 Å². The number of ether oxygens (including phenoxy) is 3. The maximum atomic E-state index is 12.8. The molecule has 2 fully saturated rings. The Bertz CT molecular complexity index is 1160. The molecule has 8 nitrogen and oxygen atoms in total. The first-order valence-electron chi connectivity index (χ1n) is 10.5. The second-order valence-corrected chi connectivity index (χ2v) is 11.1. The van der Waals surface area contributed by atoms with Gasteiger partial charge in [-0.3, -0.25) is 4.79 Å². The Hall–Kier alpha value is -2.72. The Morgan fingerprint density at radius 3 is 2.48 bits per heavy atom. The van der Waals surface area contributed by atoms with Crippen LogP contribution < -0.4 is 19.1 Å². The lowest BCUT2D eigenvalue weighted by molar-refractivity contribution is -0.117. The zero-order valence-corrected chi connectivity index (χ0v) is 20.3. The Kier molecular flexibility index (Phi) is 6.85. The molecule has 0 N–H and O–H groups in total. The lowest BCUT2D eigenvalue weighted by Gasteiger charge is -2.24. The molecule has 0 unspecified atom stereocenters. The normalized spacial score (nSPS) is 22.3. The summed E-state index contributed by atoms with van der Waals surface area (Å²) >= 11 is 1.35. The van der Waals surface area contributed by atoms with Gasteiger partial charge in [0.25, 0.3) is 5.91 Å². The van der Waals surface area contributed by atoms with E-state index in [2.05, 4.69) is 4.99 Å². The van der Waals surface area contributed by atoms with Crippen LogP contribution in [0.5, 0.6) is 17.2 Å². The molecule has 2 aliphatic heterocycles. The molecule has 2 atom stereocenters. The van der Waals surface area contributed by atoms with Gasteiger partial charge < -0.3 is 19.1 Å². The molecule has 10 heteroatoms. The van der Waals surface area contributed by atoms with Gasteiger partial charge in [-0.05, 0) is 48.9 Å². The molecule has 0 spiro atoms. The average Bonchev–Trinajstić information content (AvgIpc) is 3.25. The highest BCUT2D eigenvalue weighted by Gasteiger charge is 2.49. The van der Waals surface area contributed by atoms with Gasteiger partial charge in [0, 0.05) is 10.9 Å². The van der Waals surface area contributed by atoms with Crippen molar-refractivity contribution in [1.29, 1.82) is 0 Å². The fourth-order valence-corrected chi connectivity index (χ4v) is 7.98. The van der Waals surface area contributed by atoms with Crippen LogP contribution in [0, 0.1) is 0 Å². The summed E-state index contributed by atoms with van der Waals surface area (Å²) in [4.78, 5) is 19.1. The number of amides is 1. The van der Waals surface area contributed by atoms with Crippen LogP contribution >= 0.6 is 11.8 Å². The number of fused-ring (bicyclic) bond motifs is 1. The second kappa shape index (κ2) is 9.64. The van der Waals surface area contributed by atoms with Crippen molar-refractivity contribution in [3.05, 3.63) is 48.0 Å². The lowest BCUT2D eigenvalue weighted by Crippen LogP contribution is -2.37. The molecular formula is C23H26N2O6S2. The minimum atomic E-state index is -3.13. The molecule has 4 rings (SSSR count). The van der Waals surface area contributed by atoms with Crippen LogP contribution in [0.3, 0.4) is 0 Å². The summed E-state index contributed by atoms with van der Waals surface area (Å²) in [6, 6.07) is 12.5. The molecule has 33 heavy (non-hydrogen) atoms. The van der Waals surface area contributed by atoms with E-state index in [0.29, 0.717) is 23.3 Å². The third-order valence-corrected chi connectivity index (χ3v) is 8.73. The lowest BCUT2D eigenvalue weighted by atomic mass is 10.1. The molecule has 2 aromatic rings. The molecule has 0 aliphatic carbocycles. The van der Waals surface area contributed by atoms with E-state index >= 15 is 0 Å². The highest BCUT2D eigenvalue weighted by Crippen LogP contribution is 2.41. The Labute approximate surface area is 197 Å². The van der Waals surface area contributed by atoms with Crippen LogP contribution in [0.2, 0.25) is 0 Å². The number of carbonyl (C=O) groups is 1. The number of thioether (sulfide) groups is 1. The van der Waals surface area contributed by atoms with E-state index in [0.717, 1.165) is 17.0 Å². The smallest absolute Gasteiger partial charge is 0.252 e. The van der Waals surface area contributed by atoms with Crippen LogP contribution in [-0.2, 0) is 21.1 Å². The maximum Gasteiger partial charge on any atom is 0.252 e. The fraction of sp³-hybridized carbons (Fsp3) is 0.391. The standard InChI is InChI=1S/C23H26N2O6S2/c1-4-31-17-8-6-16(7-9-17)25-18-13-33(27,28)14-21(18)32-23(25)24-22(26)12-15-5-10-19(29-2)20(11-15)30-3/h5-11,18,21H,4,12-14H2,1-3H3/t18-,21+/m0/s1. The average molecular weight is 491 g/mol. The Morgan fingerprint density at radius 2 is 1.82 bits per heavy atom. The van der Waals surface area contributed by atoms with Gasteiger partial charge in [-0.2, -0.15) is 4.99 Å². The van der Waals surface area contributed by atoms with Gasteiger partial charge in [-0.15, -0.1) is 0 Å². The van der Waals surface area contributed by atoms with Crippen molar-refractivity contribution in [3.63, 3.8) is 0 Å². The minimum Gasteiger partial charge on any atom is -0.494 e. The zero-order valence-electron chi connectivity index (χ0n) is 18.7. The largest absolute Gasteiger partial charge is 0.494 e. The van der Waals surface area contributed by atoms with Crippen LogP contribution in [0.1, 0.15) is 12.5 Å². The number of methoxy groups -OCH3 is 2. The molecule has 2 aliphatic rings. The molecule has 176 valence electrons. The van der Waals surface area contributed by atoms with Crippen molar-refractivity contribution in [2.24, 2.45) is 4.99 Å². The summed E-state index contributed by atoms with van der Waals surface area (Å²) in [5.41, 5.74) is 1.54. The molecule has 2 heterocycles. The summed E-state index contributed by atoms with van der Waals surface area (Å²) in [5, 5.41) is 0.365. The SMILES string of the molecule is CCOc1ccc(N2C(=NC(=O)Cc3ccc(OC)c(OC)c3)S[C@@H]3CS(=O)(=O)C[C@@H]32)cc1. The van der Waals surface area contributed by atoms with Gasteiger partial charge in [-0.25, -0.2) is 8.42 Å². The Morgan fingerprint density at radius 1 is 1.09 bits per heavy atom. The molecule has 0 bridgehead atoms. The molecule has 0 aromatic heterocycles. The van der Waals surface area contributed by atoms with Gasteiger partial charge in [-0.1, -0.05) is 17.8 Å². The van der Waals surface area contributed by atoms with Gasteiger partial charge in [0.05, 0.1) is 44.8 Å². The van der Waals surface area contributed by atoms with Gasteiger partial charge in [0.1, 0.15) is 5.75 Å². The van der Waals surface area contributed by atoms with E-state index < -0.39 is 9.84 Å². The highest BCUT2D eigenvalue weighted by molar-refractivity contribution is 8.16. The van der Waals surface area contributed by atoms with Gasteiger partial charge in [0.15, 0.2) is 26.5 Å². The number of benzene rings is 2. The van der Waals surface area contributed by atoms with Crippen LogP contribution in [0.4, 0.5) is 5.69 Å². The predicted octanol–water partition coefficient (Wildman–Crippen LogP) is 2.95. The number of rotatable bonds is 7. The molecule has 2 aromatic carbocycles. The van der Waals surface area contributed by atoms with Crippen molar-refractivity contribution in [2.45, 2.75) is 24.6 Å². The molecule has 2 saturated heterocycles. The fourth-order valence-electron chi connectivity index (χ4n) is 4.05. The van der Waals surface area contributed by atoms with Crippen molar-refractivity contribution in [3.8, 4) is 17.2 Å². The topological polar surface area (TPSA) is 94.5 Å². The summed E-state index contributed by atoms with van der Waals surface area (Å²) in [7, 11) is -0.0347. The van der Waals surface area contributed by atoms with E-state index in [4.69, 9.17) is 14.2 Å². The van der Waals surface area contributed by atoms with E-state index in [9.17, 15) is 13.2 Å². The first-order chi connectivity index (χ1) is 15.8. The number of hydrogen-bond acceptors (Lipinski definition) is 7. The summed E-state index contributed by atoms with van der Waals surface area (Å²) in [6.07, 6.45) is 0.0924. The van der Waals surface area contributed by atoms with Crippen LogP contribution in [0.15, 0.2) is 47.5 Å². The maximum absolute atomic E-state index is 12.8. The van der Waals surface area contributed by atoms with Crippen LogP contribution in [0.25, 0.3) is 0 Å². The molecule has 0 radical (unpaired) electrons. The van der Waals surface area contributed by atoms with Gasteiger partial charge in [0.2, 0.25) is 0 Å². The molecule has 1 amide bonds. The number of sulfone groups is 1. The summed E-state index contributed by atoms with van der Waals surface area (Å²) < 4.78 is 40.6. The third-order valence-electron chi connectivity index (χ3n) is 5.52. The Balaban J connectivity index is 1.60. The number of anilines is 1. The van der Waals surface area contributed by atoms with E-state index in [-0.39, 0.29) is 35.1 Å². The van der Waals surface area contributed by atoms with E-state index in [1.165, 1.54) is 11.8 Å². The summed E-state index contributed by atoms with van der Waals surface area (Å²) in [6.45, 7) is 2.47. The minimum absolute atomic E-state index is 0.0424. The molecular weight excluding hydrogens is 464 g/mol. The number of carbonyl (C=O) groups excluding carboxylic acids is 1. The number of hydrogen-bond donors (Lipinski definition) is 0. The van der Waals surface area contributed by atoms with Crippen LogP contribution in [-0.4, -0.2) is 63.1 Å². The monoisotopic (exact) mass is 490 g/mol. The van der Waals surface area contributed by atoms with Gasteiger partial charge >= 0.3 is 0 Å². The molecule has 0 saturated carbocycles. The second-order valence-electron chi connectivity index (χ2n) is 7.75. The van der Waals surface area contributed by atoms with E-state index in [1.54, 1.807) is 32.4 Å². The van der Waals surface area contributed by atoms with Crippen molar-refractivity contribution in [2.75, 3.05) is 37.2 Å². The highest BCUT2D eigenvalue weighted by atomic mass is 32.2. The number of amidine groups is 1. The predicted molar refractivity (Wildman–Crippen MR) is 130 cm³/mol. The summed E-state index contributed by atoms with van der Waals surface area (Å²) in [5.74, 6) is 1.67. The van der Waals surface area contributed by atoms with Crippen molar-refractivity contribution in [1.82, 2.24) is 0 Å². The first kappa shape index (κ1) is 23.4. The van der Waals surface area contributed by atoms with E-state index in [1.807, 2.05) is 36.1 Å². The number of nitrogens with zero attached hydrogens (tertiary/aromatic N) is 2. The zero-order chi connectivity index (χ0) is 23.6. The van der Waals surface area contributed by atoms with Crippen molar-refractivity contribution < 1.29 is 27.4 Å².